The van der Waals surface area contributed by atoms with Gasteiger partial charge in [0.2, 0.25) is 5.91 Å². The average Bonchev–Trinajstić information content (AvgIpc) is 3.17. The number of benzene rings is 2. The highest BCUT2D eigenvalue weighted by atomic mass is 32.1. The molecule has 176 valence electrons. The Bertz CT molecular complexity index is 1000. The summed E-state index contributed by atoms with van der Waals surface area (Å²) < 4.78 is 11.1. The number of likely N-dealkylation sites (tertiary alicyclic amines) is 1. The number of hydrogen-bond donors (Lipinski definition) is 2. The highest BCUT2D eigenvalue weighted by molar-refractivity contribution is 7.80. The van der Waals surface area contributed by atoms with Crippen molar-refractivity contribution in [3.8, 4) is 11.5 Å². The van der Waals surface area contributed by atoms with Gasteiger partial charge in [0.25, 0.3) is 0 Å². The van der Waals surface area contributed by atoms with Crippen molar-refractivity contribution >= 4 is 23.2 Å². The van der Waals surface area contributed by atoms with Crippen molar-refractivity contribution in [3.05, 3.63) is 59.7 Å². The molecule has 2 fully saturated rings. The van der Waals surface area contributed by atoms with E-state index in [4.69, 9.17) is 21.7 Å². The molecule has 1 saturated heterocycles. The van der Waals surface area contributed by atoms with Gasteiger partial charge in [0.1, 0.15) is 0 Å². The first-order valence-electron chi connectivity index (χ1n) is 11.5. The number of carbonyl (C=O) groups is 1. The van der Waals surface area contributed by atoms with Gasteiger partial charge in [-0.15, -0.1) is 0 Å². The minimum Gasteiger partial charge on any atom is -0.493 e. The summed E-state index contributed by atoms with van der Waals surface area (Å²) in [6.07, 6.45) is 4.09. The zero-order valence-corrected chi connectivity index (χ0v) is 20.4. The Labute approximate surface area is 201 Å². The first-order chi connectivity index (χ1) is 15.9. The van der Waals surface area contributed by atoms with E-state index in [0.717, 1.165) is 50.3 Å². The quantitative estimate of drug-likeness (QED) is 0.631. The summed E-state index contributed by atoms with van der Waals surface area (Å²) in [5.74, 6) is 1.38. The molecule has 1 aliphatic heterocycles. The molecule has 2 aromatic carbocycles. The van der Waals surface area contributed by atoms with Crippen molar-refractivity contribution in [2.75, 3.05) is 20.8 Å². The fourth-order valence-corrected chi connectivity index (χ4v) is 5.96. The van der Waals surface area contributed by atoms with Crippen LogP contribution in [-0.2, 0) is 16.8 Å². The molecule has 3 atom stereocenters. The number of nitrogens with zero attached hydrogens (tertiary/aromatic N) is 1. The van der Waals surface area contributed by atoms with Crippen LogP contribution in [0.4, 0.5) is 0 Å². The Kier molecular flexibility index (Phi) is 7.20. The lowest BCUT2D eigenvalue weighted by Gasteiger charge is -2.46. The summed E-state index contributed by atoms with van der Waals surface area (Å²) in [4.78, 5) is 14.0. The normalized spacial score (nSPS) is 24.6. The molecule has 0 aromatic heterocycles. The topological polar surface area (TPSA) is 62.8 Å². The Balaban J connectivity index is 1.63. The van der Waals surface area contributed by atoms with E-state index in [2.05, 4.69) is 58.0 Å². The highest BCUT2D eigenvalue weighted by Crippen LogP contribution is 2.50. The van der Waals surface area contributed by atoms with Gasteiger partial charge in [0, 0.05) is 31.0 Å². The molecule has 0 bridgehead atoms. The number of thiocarbonyl (C=S) groups is 1. The molecule has 6 nitrogen and oxygen atoms in total. The minimum absolute atomic E-state index is 0.0438. The Morgan fingerprint density at radius 3 is 2.58 bits per heavy atom. The third-order valence-electron chi connectivity index (χ3n) is 7.18. The van der Waals surface area contributed by atoms with Crippen LogP contribution in [-0.4, -0.2) is 48.8 Å². The molecule has 1 saturated carbocycles. The van der Waals surface area contributed by atoms with Crippen molar-refractivity contribution in [2.24, 2.45) is 0 Å². The maximum atomic E-state index is 11.4. The van der Waals surface area contributed by atoms with Gasteiger partial charge >= 0.3 is 0 Å². The molecule has 0 spiro atoms. The van der Waals surface area contributed by atoms with E-state index >= 15 is 0 Å². The highest BCUT2D eigenvalue weighted by Gasteiger charge is 2.51. The second-order valence-electron chi connectivity index (χ2n) is 9.07. The van der Waals surface area contributed by atoms with Gasteiger partial charge in [-0.1, -0.05) is 36.4 Å². The van der Waals surface area contributed by atoms with Crippen LogP contribution in [0.3, 0.4) is 0 Å². The van der Waals surface area contributed by atoms with Crippen LogP contribution >= 0.6 is 12.2 Å². The molecule has 1 amide bonds. The molecule has 4 rings (SSSR count). The molecule has 2 N–H and O–H groups in total. The number of amides is 1. The lowest BCUT2D eigenvalue weighted by atomic mass is 9.65. The summed E-state index contributed by atoms with van der Waals surface area (Å²) in [5.41, 5.74) is 2.68. The third kappa shape index (κ3) is 4.99. The van der Waals surface area contributed by atoms with Gasteiger partial charge in [-0.25, -0.2) is 0 Å². The second-order valence-corrected chi connectivity index (χ2v) is 9.48. The summed E-state index contributed by atoms with van der Waals surface area (Å²) >= 11 is 5.36. The standard InChI is InChI=1S/C26H33N3O3S/c1-18(30)27-25(33)28-21-11-12-26(20-9-10-22(31-2)23(15-20)32-3)13-14-29(24(26)16-21)17-19-7-5-4-6-8-19/h4-10,15,21,24H,11-14,16-17H2,1-3H3,(H2,27,28,30,33)/t21-,24+,26+/m1/s1. The number of carbonyl (C=O) groups excluding carboxylic acids is 1. The monoisotopic (exact) mass is 467 g/mol. The van der Waals surface area contributed by atoms with E-state index < -0.39 is 0 Å². The molecule has 0 unspecified atom stereocenters. The van der Waals surface area contributed by atoms with Gasteiger partial charge in [0.05, 0.1) is 14.2 Å². The Morgan fingerprint density at radius 2 is 1.88 bits per heavy atom. The van der Waals surface area contributed by atoms with Gasteiger partial charge in [-0.2, -0.15) is 0 Å². The second kappa shape index (κ2) is 10.1. The van der Waals surface area contributed by atoms with Crippen LogP contribution in [0.25, 0.3) is 0 Å². The lowest BCUT2D eigenvalue weighted by Crippen LogP contribution is -2.53. The van der Waals surface area contributed by atoms with Crippen molar-refractivity contribution in [3.63, 3.8) is 0 Å². The van der Waals surface area contributed by atoms with Crippen molar-refractivity contribution in [1.82, 2.24) is 15.5 Å². The fourth-order valence-electron chi connectivity index (χ4n) is 5.65. The smallest absolute Gasteiger partial charge is 0.222 e. The maximum absolute atomic E-state index is 11.4. The summed E-state index contributed by atoms with van der Waals surface area (Å²) in [7, 11) is 3.36. The van der Waals surface area contributed by atoms with E-state index in [1.54, 1.807) is 14.2 Å². The van der Waals surface area contributed by atoms with Gasteiger partial charge in [-0.05, 0) is 67.7 Å². The SMILES string of the molecule is COc1ccc([C@@]23CC[C@@H](NC(=S)NC(C)=O)C[C@@H]2N(Cc2ccccc2)CC3)cc1OC. The molecule has 2 aromatic rings. The maximum Gasteiger partial charge on any atom is 0.222 e. The Hall–Kier alpha value is -2.64. The first-order valence-corrected chi connectivity index (χ1v) is 11.9. The fraction of sp³-hybridized carbons (Fsp3) is 0.462. The van der Waals surface area contributed by atoms with Crippen molar-refractivity contribution in [1.29, 1.82) is 0 Å². The molecule has 1 aliphatic carbocycles. The lowest BCUT2D eigenvalue weighted by molar-refractivity contribution is -0.117. The Morgan fingerprint density at radius 1 is 1.12 bits per heavy atom. The minimum atomic E-state index is -0.144. The van der Waals surface area contributed by atoms with E-state index in [1.165, 1.54) is 18.1 Å². The summed E-state index contributed by atoms with van der Waals surface area (Å²) in [5, 5.41) is 6.51. The number of fused-ring (bicyclic) bond motifs is 1. The molecule has 2 aliphatic rings. The van der Waals surface area contributed by atoms with Crippen molar-refractivity contribution in [2.45, 2.75) is 56.7 Å². The van der Waals surface area contributed by atoms with E-state index in [-0.39, 0.29) is 17.4 Å². The number of rotatable bonds is 6. The molecule has 0 radical (unpaired) electrons. The van der Waals surface area contributed by atoms with Crippen LogP contribution in [0.15, 0.2) is 48.5 Å². The number of nitrogens with one attached hydrogen (secondary N) is 2. The number of methoxy groups -OCH3 is 2. The van der Waals surface area contributed by atoms with E-state index in [9.17, 15) is 4.79 Å². The van der Waals surface area contributed by atoms with Crippen LogP contribution in [0, 0.1) is 0 Å². The largest absolute Gasteiger partial charge is 0.493 e. The third-order valence-corrected chi connectivity index (χ3v) is 7.40. The summed E-state index contributed by atoms with van der Waals surface area (Å²) in [6.45, 7) is 3.44. The van der Waals surface area contributed by atoms with E-state index in [1.807, 2.05) is 6.07 Å². The van der Waals surface area contributed by atoms with Crippen LogP contribution in [0.1, 0.15) is 43.7 Å². The number of hydrogen-bond acceptors (Lipinski definition) is 5. The van der Waals surface area contributed by atoms with Crippen LogP contribution in [0.2, 0.25) is 0 Å². The molecular weight excluding hydrogens is 434 g/mol. The zero-order valence-electron chi connectivity index (χ0n) is 19.6. The van der Waals surface area contributed by atoms with E-state index in [0.29, 0.717) is 11.2 Å². The van der Waals surface area contributed by atoms with Crippen LogP contribution < -0.4 is 20.1 Å². The predicted molar refractivity (Wildman–Crippen MR) is 134 cm³/mol. The van der Waals surface area contributed by atoms with Gasteiger partial charge in [-0.3, -0.25) is 9.69 Å². The molecular formula is C26H33N3O3S. The van der Waals surface area contributed by atoms with Gasteiger partial charge < -0.3 is 20.1 Å². The number of ether oxygens (including phenoxy) is 2. The first kappa shape index (κ1) is 23.5. The average molecular weight is 468 g/mol. The van der Waals surface area contributed by atoms with Gasteiger partial charge in [0.15, 0.2) is 16.6 Å². The summed E-state index contributed by atoms with van der Waals surface area (Å²) in [6, 6.07) is 17.6. The predicted octanol–water partition coefficient (Wildman–Crippen LogP) is 3.78. The van der Waals surface area contributed by atoms with Crippen molar-refractivity contribution < 1.29 is 14.3 Å². The molecule has 7 heteroatoms. The molecule has 1 heterocycles. The van der Waals surface area contributed by atoms with Crippen LogP contribution in [0.5, 0.6) is 11.5 Å². The zero-order chi connectivity index (χ0) is 23.4. The molecule has 33 heavy (non-hydrogen) atoms.